The van der Waals surface area contributed by atoms with Crippen LogP contribution < -0.4 is 0 Å². The van der Waals surface area contributed by atoms with Crippen molar-refractivity contribution in [2.45, 2.75) is 35.0 Å². The second kappa shape index (κ2) is 6.45. The first-order chi connectivity index (χ1) is 9.93. The van der Waals surface area contributed by atoms with Crippen LogP contribution in [0.25, 0.3) is 0 Å². The van der Waals surface area contributed by atoms with E-state index in [0.717, 1.165) is 28.6 Å². The first-order valence-electron chi connectivity index (χ1n) is 6.56. The van der Waals surface area contributed by atoms with E-state index in [1.807, 2.05) is 19.1 Å². The Morgan fingerprint density at radius 3 is 1.86 bits per heavy atom. The molecular weight excluding hydrogens is 304 g/mol. The van der Waals surface area contributed by atoms with Crippen LogP contribution in [0.15, 0.2) is 63.2 Å². The number of benzene rings is 2. The molecule has 0 aromatic heterocycles. The Kier molecular flexibility index (Phi) is 4.85. The van der Waals surface area contributed by atoms with E-state index in [1.165, 1.54) is 19.1 Å². The predicted molar refractivity (Wildman–Crippen MR) is 84.3 cm³/mol. The van der Waals surface area contributed by atoms with E-state index in [9.17, 15) is 13.2 Å². The molecule has 0 aliphatic carbocycles. The van der Waals surface area contributed by atoms with E-state index >= 15 is 0 Å². The number of carbonyl (C=O) groups excluding carboxylic acids is 1. The van der Waals surface area contributed by atoms with Crippen molar-refractivity contribution in [3.63, 3.8) is 0 Å². The van der Waals surface area contributed by atoms with Gasteiger partial charge in [-0.05, 0) is 48.4 Å². The summed E-state index contributed by atoms with van der Waals surface area (Å²) in [6.45, 7) is 3.50. The molecule has 0 atom stereocenters. The van der Waals surface area contributed by atoms with Crippen molar-refractivity contribution in [3.05, 3.63) is 54.1 Å². The molecule has 0 saturated carbocycles. The number of rotatable bonds is 4. The monoisotopic (exact) mass is 320 g/mol. The lowest BCUT2D eigenvalue weighted by Gasteiger charge is -2.06. The maximum absolute atomic E-state index is 12.5. The third-order valence-corrected chi connectivity index (χ3v) is 5.62. The first kappa shape index (κ1) is 15.8. The summed E-state index contributed by atoms with van der Waals surface area (Å²) in [7, 11) is -3.50. The molecule has 0 amide bonds. The molecule has 2 rings (SSSR count). The number of carbonyl (C=O) groups is 1. The van der Waals surface area contributed by atoms with Crippen LogP contribution in [0.5, 0.6) is 0 Å². The van der Waals surface area contributed by atoms with E-state index in [4.69, 9.17) is 0 Å². The SMILES string of the molecule is CCc1ccc(S(=O)(=O)c2ccc(SC(C)=O)cc2)cc1. The highest BCUT2D eigenvalue weighted by Gasteiger charge is 2.17. The van der Waals surface area contributed by atoms with Crippen LogP contribution in [0.1, 0.15) is 19.4 Å². The topological polar surface area (TPSA) is 51.2 Å². The molecule has 0 aliphatic rings. The first-order valence-corrected chi connectivity index (χ1v) is 8.86. The molecular formula is C16H16O3S2. The van der Waals surface area contributed by atoms with E-state index < -0.39 is 9.84 Å². The van der Waals surface area contributed by atoms with Crippen molar-refractivity contribution >= 4 is 26.7 Å². The molecule has 0 radical (unpaired) electrons. The van der Waals surface area contributed by atoms with E-state index in [2.05, 4.69) is 0 Å². The van der Waals surface area contributed by atoms with Crippen LogP contribution in [0.3, 0.4) is 0 Å². The van der Waals surface area contributed by atoms with Crippen molar-refractivity contribution < 1.29 is 13.2 Å². The van der Waals surface area contributed by atoms with E-state index in [-0.39, 0.29) is 14.9 Å². The third kappa shape index (κ3) is 3.74. The molecule has 0 N–H and O–H groups in total. The molecule has 0 saturated heterocycles. The summed E-state index contributed by atoms with van der Waals surface area (Å²) >= 11 is 1.08. The molecule has 0 unspecified atom stereocenters. The Labute approximate surface area is 129 Å². The second-order valence-corrected chi connectivity index (χ2v) is 7.77. The van der Waals surface area contributed by atoms with Gasteiger partial charge in [0.2, 0.25) is 9.84 Å². The number of sulfone groups is 1. The Hall–Kier alpha value is -1.59. The molecule has 5 heteroatoms. The fourth-order valence-electron chi connectivity index (χ4n) is 1.89. The predicted octanol–water partition coefficient (Wildman–Crippen LogP) is 3.72. The van der Waals surface area contributed by atoms with Crippen molar-refractivity contribution in [1.29, 1.82) is 0 Å². The fraction of sp³-hybridized carbons (Fsp3) is 0.188. The van der Waals surface area contributed by atoms with Gasteiger partial charge in [0.25, 0.3) is 0 Å². The lowest BCUT2D eigenvalue weighted by Crippen LogP contribution is -2.02. The van der Waals surface area contributed by atoms with Crippen LogP contribution in [-0.2, 0) is 21.1 Å². The molecule has 0 fully saturated rings. The molecule has 3 nitrogen and oxygen atoms in total. The highest BCUT2D eigenvalue weighted by molar-refractivity contribution is 8.13. The molecule has 0 heterocycles. The van der Waals surface area contributed by atoms with Crippen molar-refractivity contribution in [1.82, 2.24) is 0 Å². The Morgan fingerprint density at radius 1 is 0.952 bits per heavy atom. The smallest absolute Gasteiger partial charge is 0.206 e. The van der Waals surface area contributed by atoms with Crippen LogP contribution >= 0.6 is 11.8 Å². The van der Waals surface area contributed by atoms with Crippen LogP contribution in [-0.4, -0.2) is 13.5 Å². The van der Waals surface area contributed by atoms with E-state index in [0.29, 0.717) is 0 Å². The fourth-order valence-corrected chi connectivity index (χ4v) is 3.76. The highest BCUT2D eigenvalue weighted by Crippen LogP contribution is 2.25. The number of hydrogen-bond donors (Lipinski definition) is 0. The maximum Gasteiger partial charge on any atom is 0.206 e. The summed E-state index contributed by atoms with van der Waals surface area (Å²) in [4.78, 5) is 12.3. The van der Waals surface area contributed by atoms with Gasteiger partial charge in [0.1, 0.15) is 0 Å². The number of thioether (sulfide) groups is 1. The Bertz CT molecular complexity index is 730. The lowest BCUT2D eigenvalue weighted by molar-refractivity contribution is -0.109. The normalized spacial score (nSPS) is 11.3. The summed E-state index contributed by atoms with van der Waals surface area (Å²) in [6.07, 6.45) is 0.872. The maximum atomic E-state index is 12.5. The van der Waals surface area contributed by atoms with E-state index in [1.54, 1.807) is 24.3 Å². The highest BCUT2D eigenvalue weighted by atomic mass is 32.2. The van der Waals surface area contributed by atoms with Crippen LogP contribution in [0.2, 0.25) is 0 Å². The zero-order valence-electron chi connectivity index (χ0n) is 11.9. The quantitative estimate of drug-likeness (QED) is 0.806. The summed E-state index contributed by atoms with van der Waals surface area (Å²) in [5.41, 5.74) is 1.10. The second-order valence-electron chi connectivity index (χ2n) is 4.57. The molecule has 0 bridgehead atoms. The molecule has 21 heavy (non-hydrogen) atoms. The summed E-state index contributed by atoms with van der Waals surface area (Å²) in [5, 5.41) is -0.0271. The largest absolute Gasteiger partial charge is 0.287 e. The summed E-state index contributed by atoms with van der Waals surface area (Å²) in [5.74, 6) is 0. The minimum atomic E-state index is -3.50. The van der Waals surface area contributed by atoms with Crippen molar-refractivity contribution in [2.75, 3.05) is 0 Å². The van der Waals surface area contributed by atoms with Crippen LogP contribution in [0.4, 0.5) is 0 Å². The Balaban J connectivity index is 2.32. The number of hydrogen-bond acceptors (Lipinski definition) is 4. The lowest BCUT2D eigenvalue weighted by atomic mass is 10.2. The summed E-state index contributed by atoms with van der Waals surface area (Å²) < 4.78 is 25.0. The van der Waals surface area contributed by atoms with Gasteiger partial charge in [-0.15, -0.1) is 0 Å². The zero-order valence-corrected chi connectivity index (χ0v) is 13.5. The van der Waals surface area contributed by atoms with Gasteiger partial charge in [0, 0.05) is 11.8 Å². The Morgan fingerprint density at radius 2 is 1.43 bits per heavy atom. The average Bonchev–Trinajstić information content (AvgIpc) is 2.47. The van der Waals surface area contributed by atoms with Gasteiger partial charge in [0.15, 0.2) is 5.12 Å². The molecule has 2 aromatic carbocycles. The average molecular weight is 320 g/mol. The molecule has 0 spiro atoms. The van der Waals surface area contributed by atoms with Gasteiger partial charge >= 0.3 is 0 Å². The van der Waals surface area contributed by atoms with Crippen molar-refractivity contribution in [3.8, 4) is 0 Å². The van der Waals surface area contributed by atoms with Crippen molar-refractivity contribution in [2.24, 2.45) is 0 Å². The van der Waals surface area contributed by atoms with Crippen LogP contribution in [0, 0.1) is 0 Å². The minimum absolute atomic E-state index is 0.0271. The van der Waals surface area contributed by atoms with Gasteiger partial charge in [-0.3, -0.25) is 4.79 Å². The van der Waals surface area contributed by atoms with Gasteiger partial charge in [0.05, 0.1) is 9.79 Å². The summed E-state index contributed by atoms with van der Waals surface area (Å²) in [6, 6.07) is 13.3. The zero-order chi connectivity index (χ0) is 15.5. The molecule has 110 valence electrons. The molecule has 0 aliphatic heterocycles. The van der Waals surface area contributed by atoms with Gasteiger partial charge in [-0.2, -0.15) is 0 Å². The molecule has 2 aromatic rings. The van der Waals surface area contributed by atoms with Gasteiger partial charge in [-0.25, -0.2) is 8.42 Å². The van der Waals surface area contributed by atoms with Gasteiger partial charge in [-0.1, -0.05) is 30.8 Å². The third-order valence-electron chi connectivity index (χ3n) is 3.04. The standard InChI is InChI=1S/C16H16O3S2/c1-3-13-4-8-15(9-5-13)21(18,19)16-10-6-14(7-11-16)20-12(2)17/h4-11H,3H2,1-2H3. The van der Waals surface area contributed by atoms with Gasteiger partial charge < -0.3 is 0 Å². The minimum Gasteiger partial charge on any atom is -0.287 e. The number of aryl methyl sites for hydroxylation is 1.